The molecule has 2 aliphatic rings. The van der Waals surface area contributed by atoms with Crippen LogP contribution >= 0.6 is 0 Å². The van der Waals surface area contributed by atoms with Gasteiger partial charge in [-0.1, -0.05) is 188 Å². The van der Waals surface area contributed by atoms with E-state index in [1.807, 2.05) is 0 Å². The highest BCUT2D eigenvalue weighted by Crippen LogP contribution is 2.63. The Kier molecular flexibility index (Phi) is 8.23. The Labute approximate surface area is 389 Å². The number of fused-ring (bicyclic) bond motifs is 10. The first-order valence-corrected chi connectivity index (χ1v) is 23.3. The molecule has 0 N–H and O–H groups in total. The molecule has 2 aliphatic carbocycles. The van der Waals surface area contributed by atoms with Crippen LogP contribution in [0.15, 0.2) is 243 Å². The molecule has 1 heterocycles. The van der Waals surface area contributed by atoms with E-state index in [1.165, 1.54) is 99.3 Å². The van der Waals surface area contributed by atoms with Crippen molar-refractivity contribution in [1.29, 1.82) is 0 Å². The maximum atomic E-state index is 2.47. The number of para-hydroxylation sites is 2. The van der Waals surface area contributed by atoms with Gasteiger partial charge in [-0.15, -0.1) is 0 Å². The number of hydrogen-bond acceptors (Lipinski definition) is 1. The zero-order valence-electron chi connectivity index (χ0n) is 36.6. The van der Waals surface area contributed by atoms with Gasteiger partial charge in [-0.2, -0.15) is 0 Å². The molecule has 0 fully saturated rings. The average Bonchev–Trinajstić information content (AvgIpc) is 4.01. The fraction of sp³-hybridized carbons (Fsp3) is 0.0154. The SMILES string of the molecule is C(=C\c1ccc2c3c1ccc1cccc(c13)n2-c1ccc(-c2ccccc2)cc1)/c1ccc2c(c1)C1(c3ccccc3-c3ccccc31)c1ccc(N(c3ccccc3)c3ccccc3)cc1-2. The lowest BCUT2D eigenvalue weighted by atomic mass is 9.70. The van der Waals surface area contributed by atoms with E-state index in [2.05, 4.69) is 264 Å². The number of hydrogen-bond donors (Lipinski definition) is 0. The van der Waals surface area contributed by atoms with Gasteiger partial charge in [0.25, 0.3) is 0 Å². The number of aromatic nitrogens is 1. The van der Waals surface area contributed by atoms with Crippen LogP contribution in [0.1, 0.15) is 33.4 Å². The van der Waals surface area contributed by atoms with Crippen LogP contribution in [0.4, 0.5) is 17.1 Å². The van der Waals surface area contributed by atoms with Crippen molar-refractivity contribution in [3.8, 4) is 39.1 Å². The van der Waals surface area contributed by atoms with Gasteiger partial charge in [-0.05, 0) is 144 Å². The predicted octanol–water partition coefficient (Wildman–Crippen LogP) is 17.0. The quantitative estimate of drug-likeness (QED) is 0.115. The third-order valence-corrected chi connectivity index (χ3v) is 14.6. The molecule has 0 atom stereocenters. The summed E-state index contributed by atoms with van der Waals surface area (Å²) in [5.41, 5.74) is 21.9. The van der Waals surface area contributed by atoms with E-state index in [1.54, 1.807) is 0 Å². The average molecular weight is 851 g/mol. The zero-order chi connectivity index (χ0) is 44.1. The standard InChI is InChI=1S/C65H42N2/c1-4-15-44(16-5-1)45-30-34-50(35-31-45)67-61-26-14-17-47-32-38-52-46(33-40-62(67)64(52)63(47)61)29-27-43-28-37-55-56-42-51(66(48-18-6-2-7-19-48)49-20-8-3-9-21-49)36-39-59(56)65(60(55)41-43)57-24-12-10-22-53(57)54-23-11-13-25-58(54)65/h1-42H/b29-27+. The van der Waals surface area contributed by atoms with Gasteiger partial charge in [-0.3, -0.25) is 0 Å². The van der Waals surface area contributed by atoms with E-state index in [4.69, 9.17) is 0 Å². The first-order valence-electron chi connectivity index (χ1n) is 23.3. The van der Waals surface area contributed by atoms with Crippen molar-refractivity contribution in [2.45, 2.75) is 5.41 Å². The number of nitrogens with zero attached hydrogens (tertiary/aromatic N) is 2. The number of anilines is 3. The van der Waals surface area contributed by atoms with Crippen molar-refractivity contribution in [1.82, 2.24) is 4.57 Å². The lowest BCUT2D eigenvalue weighted by molar-refractivity contribution is 0.793. The summed E-state index contributed by atoms with van der Waals surface area (Å²) in [4.78, 5) is 2.37. The van der Waals surface area contributed by atoms with Crippen LogP contribution in [0, 0.1) is 0 Å². The maximum Gasteiger partial charge on any atom is 0.0725 e. The summed E-state index contributed by atoms with van der Waals surface area (Å²) < 4.78 is 2.44. The first kappa shape index (κ1) is 37.6. The molecule has 14 rings (SSSR count). The summed E-state index contributed by atoms with van der Waals surface area (Å²) in [6.07, 6.45) is 4.65. The summed E-state index contributed by atoms with van der Waals surface area (Å²) in [5, 5.41) is 5.14. The van der Waals surface area contributed by atoms with Crippen LogP contribution in [-0.2, 0) is 5.41 Å². The van der Waals surface area contributed by atoms with Gasteiger partial charge < -0.3 is 9.47 Å². The summed E-state index contributed by atoms with van der Waals surface area (Å²) in [7, 11) is 0. The van der Waals surface area contributed by atoms with E-state index >= 15 is 0 Å². The largest absolute Gasteiger partial charge is 0.310 e. The topological polar surface area (TPSA) is 8.17 Å². The van der Waals surface area contributed by atoms with Gasteiger partial charge >= 0.3 is 0 Å². The molecule has 0 radical (unpaired) electrons. The van der Waals surface area contributed by atoms with Crippen molar-refractivity contribution < 1.29 is 0 Å². The van der Waals surface area contributed by atoms with E-state index < -0.39 is 5.41 Å². The normalized spacial score (nSPS) is 13.1. The molecule has 1 aromatic heterocycles. The Hall–Kier alpha value is -8.72. The number of benzene rings is 11. The lowest BCUT2D eigenvalue weighted by Gasteiger charge is -2.31. The minimum atomic E-state index is -0.463. The summed E-state index contributed by atoms with van der Waals surface area (Å²) in [5.74, 6) is 0. The van der Waals surface area contributed by atoms with Crippen molar-refractivity contribution in [2.75, 3.05) is 4.90 Å². The Bertz CT molecular complexity index is 3810. The van der Waals surface area contributed by atoms with Crippen molar-refractivity contribution in [2.24, 2.45) is 0 Å². The van der Waals surface area contributed by atoms with Gasteiger partial charge in [0.05, 0.1) is 16.4 Å². The highest BCUT2D eigenvalue weighted by Gasteiger charge is 2.51. The molecule has 67 heavy (non-hydrogen) atoms. The molecule has 0 aliphatic heterocycles. The fourth-order valence-electron chi connectivity index (χ4n) is 11.7. The number of rotatable bonds is 7. The van der Waals surface area contributed by atoms with Gasteiger partial charge in [0.1, 0.15) is 0 Å². The molecule has 0 amide bonds. The molecule has 11 aromatic carbocycles. The molecule has 2 nitrogen and oxygen atoms in total. The van der Waals surface area contributed by atoms with Crippen molar-refractivity contribution in [3.05, 3.63) is 276 Å². The monoisotopic (exact) mass is 850 g/mol. The van der Waals surface area contributed by atoms with E-state index in [0.29, 0.717) is 0 Å². The molecule has 0 saturated heterocycles. The Morgan fingerprint density at radius 2 is 0.970 bits per heavy atom. The molecule has 312 valence electrons. The molecular weight excluding hydrogens is 809 g/mol. The van der Waals surface area contributed by atoms with Crippen LogP contribution in [0.25, 0.3) is 83.8 Å². The minimum absolute atomic E-state index is 0.463. The molecule has 2 heteroatoms. The fourth-order valence-corrected chi connectivity index (χ4v) is 11.7. The second-order valence-electron chi connectivity index (χ2n) is 18.0. The third kappa shape index (κ3) is 5.51. The molecule has 0 unspecified atom stereocenters. The van der Waals surface area contributed by atoms with Gasteiger partial charge in [0.2, 0.25) is 0 Å². The van der Waals surface area contributed by atoms with Crippen LogP contribution < -0.4 is 4.90 Å². The van der Waals surface area contributed by atoms with E-state index in [9.17, 15) is 0 Å². The van der Waals surface area contributed by atoms with Crippen LogP contribution in [0.2, 0.25) is 0 Å². The highest BCUT2D eigenvalue weighted by molar-refractivity contribution is 6.25. The molecule has 1 spiro atoms. The predicted molar refractivity (Wildman–Crippen MR) is 281 cm³/mol. The van der Waals surface area contributed by atoms with Crippen LogP contribution in [0.5, 0.6) is 0 Å². The van der Waals surface area contributed by atoms with Crippen LogP contribution in [-0.4, -0.2) is 4.57 Å². The zero-order valence-corrected chi connectivity index (χ0v) is 36.6. The smallest absolute Gasteiger partial charge is 0.0725 e. The minimum Gasteiger partial charge on any atom is -0.310 e. The Balaban J connectivity index is 0.918. The second kappa shape index (κ2) is 14.7. The molecular formula is C65H42N2. The Morgan fingerprint density at radius 3 is 1.69 bits per heavy atom. The van der Waals surface area contributed by atoms with E-state index in [0.717, 1.165) is 22.7 Å². The van der Waals surface area contributed by atoms with Crippen molar-refractivity contribution >= 4 is 61.8 Å². The second-order valence-corrected chi connectivity index (χ2v) is 18.0. The summed E-state index contributed by atoms with van der Waals surface area (Å²) >= 11 is 0. The lowest BCUT2D eigenvalue weighted by Crippen LogP contribution is -2.26. The molecule has 12 aromatic rings. The first-order chi connectivity index (χ1) is 33.2. The molecule has 0 bridgehead atoms. The molecule has 0 saturated carbocycles. The van der Waals surface area contributed by atoms with Crippen molar-refractivity contribution in [3.63, 3.8) is 0 Å². The summed E-state index contributed by atoms with van der Waals surface area (Å²) in [6.45, 7) is 0. The van der Waals surface area contributed by atoms with Gasteiger partial charge in [0.15, 0.2) is 0 Å². The third-order valence-electron chi connectivity index (χ3n) is 14.6. The van der Waals surface area contributed by atoms with Crippen LogP contribution in [0.3, 0.4) is 0 Å². The highest BCUT2D eigenvalue weighted by atomic mass is 15.1. The Morgan fingerprint density at radius 1 is 0.358 bits per heavy atom. The maximum absolute atomic E-state index is 2.47. The van der Waals surface area contributed by atoms with E-state index in [-0.39, 0.29) is 0 Å². The van der Waals surface area contributed by atoms with Gasteiger partial charge in [-0.25, -0.2) is 0 Å². The van der Waals surface area contributed by atoms with Gasteiger partial charge in [0, 0.05) is 33.5 Å². The summed E-state index contributed by atoms with van der Waals surface area (Å²) in [6, 6.07) is 89.5.